The van der Waals surface area contributed by atoms with Gasteiger partial charge in [0.15, 0.2) is 11.5 Å². The van der Waals surface area contributed by atoms with Crippen molar-refractivity contribution in [3.8, 4) is 17.2 Å². The lowest BCUT2D eigenvalue weighted by Crippen LogP contribution is -2.41. The molecule has 1 atom stereocenters. The van der Waals surface area contributed by atoms with Crippen LogP contribution in [-0.2, 0) is 9.59 Å². The molecule has 160 valence electrons. The number of benzene rings is 2. The first-order valence-electron chi connectivity index (χ1n) is 9.84. The van der Waals surface area contributed by atoms with E-state index in [-0.39, 0.29) is 37.7 Å². The quantitative estimate of drug-likeness (QED) is 0.657. The fraction of sp³-hybridized carbons (Fsp3) is 0.364. The number of carbonyl (C=O) groups is 2. The van der Waals surface area contributed by atoms with Crippen molar-refractivity contribution >= 4 is 17.5 Å². The van der Waals surface area contributed by atoms with Crippen molar-refractivity contribution in [2.75, 3.05) is 38.9 Å². The molecule has 1 aliphatic rings. The summed E-state index contributed by atoms with van der Waals surface area (Å²) < 4.78 is 15.9. The normalized spacial score (nSPS) is 13.1. The van der Waals surface area contributed by atoms with Crippen LogP contribution in [0.15, 0.2) is 42.5 Å². The second-order valence-electron chi connectivity index (χ2n) is 6.95. The molecule has 8 nitrogen and oxygen atoms in total. The maximum atomic E-state index is 12.5. The molecule has 0 saturated carbocycles. The Balaban J connectivity index is 1.52. The molecule has 0 unspecified atom stereocenters. The summed E-state index contributed by atoms with van der Waals surface area (Å²) in [5, 5.41) is 5.79. The number of fused-ring (bicyclic) bond motifs is 1. The molecule has 0 radical (unpaired) electrons. The van der Waals surface area contributed by atoms with E-state index in [0.29, 0.717) is 29.5 Å². The highest BCUT2D eigenvalue weighted by Crippen LogP contribution is 2.34. The van der Waals surface area contributed by atoms with Crippen LogP contribution in [0.2, 0.25) is 0 Å². The second-order valence-corrected chi connectivity index (χ2v) is 6.95. The van der Waals surface area contributed by atoms with Gasteiger partial charge in [0.05, 0.1) is 31.9 Å². The molecule has 2 amide bonds. The molecule has 8 heteroatoms. The molecule has 0 saturated heterocycles. The molecule has 0 aliphatic carbocycles. The first-order valence-corrected chi connectivity index (χ1v) is 9.84. The van der Waals surface area contributed by atoms with Crippen LogP contribution in [0.5, 0.6) is 17.2 Å². The summed E-state index contributed by atoms with van der Waals surface area (Å²) in [7, 11) is 1.55. The first kappa shape index (κ1) is 21.4. The summed E-state index contributed by atoms with van der Waals surface area (Å²) in [4.78, 5) is 26.7. The zero-order valence-corrected chi connectivity index (χ0v) is 17.4. The van der Waals surface area contributed by atoms with Gasteiger partial charge in [0.2, 0.25) is 18.6 Å². The predicted molar refractivity (Wildman–Crippen MR) is 113 cm³/mol. The highest BCUT2D eigenvalue weighted by Gasteiger charge is 2.19. The van der Waals surface area contributed by atoms with Gasteiger partial charge in [0, 0.05) is 0 Å². The molecule has 0 bridgehead atoms. The van der Waals surface area contributed by atoms with Crippen LogP contribution >= 0.6 is 0 Å². The lowest BCUT2D eigenvalue weighted by molar-refractivity contribution is -0.123. The number of nitrogens with zero attached hydrogens (tertiary/aromatic N) is 1. The SMILES string of the molecule is CCN(CC(=O)Nc1ccccc1OC)CC(=O)N[C@H](C)c1ccc2c(c1)OCO2. The lowest BCUT2D eigenvalue weighted by Gasteiger charge is -2.21. The smallest absolute Gasteiger partial charge is 0.238 e. The zero-order chi connectivity index (χ0) is 21.5. The number of hydrogen-bond donors (Lipinski definition) is 2. The third-order valence-corrected chi connectivity index (χ3v) is 4.84. The van der Waals surface area contributed by atoms with Gasteiger partial charge in [-0.1, -0.05) is 25.1 Å². The number of nitrogens with one attached hydrogen (secondary N) is 2. The van der Waals surface area contributed by atoms with E-state index in [1.54, 1.807) is 24.1 Å². The minimum atomic E-state index is -0.210. The van der Waals surface area contributed by atoms with E-state index < -0.39 is 0 Å². The van der Waals surface area contributed by atoms with E-state index in [9.17, 15) is 9.59 Å². The van der Waals surface area contributed by atoms with E-state index in [1.165, 1.54) is 0 Å². The van der Waals surface area contributed by atoms with Crippen molar-refractivity contribution in [1.29, 1.82) is 0 Å². The predicted octanol–water partition coefficient (Wildman–Crippen LogP) is 2.56. The van der Waals surface area contributed by atoms with Crippen molar-refractivity contribution < 1.29 is 23.8 Å². The molecular formula is C22H27N3O5. The molecule has 1 aliphatic heterocycles. The van der Waals surface area contributed by atoms with Crippen molar-refractivity contribution in [1.82, 2.24) is 10.2 Å². The van der Waals surface area contributed by atoms with Crippen LogP contribution in [0.1, 0.15) is 25.5 Å². The van der Waals surface area contributed by atoms with Gasteiger partial charge in [0.1, 0.15) is 5.75 Å². The van der Waals surface area contributed by atoms with Gasteiger partial charge in [0.25, 0.3) is 0 Å². The summed E-state index contributed by atoms with van der Waals surface area (Å²) in [6.07, 6.45) is 0. The van der Waals surface area contributed by atoms with Crippen molar-refractivity contribution in [2.45, 2.75) is 19.9 Å². The van der Waals surface area contributed by atoms with Crippen LogP contribution in [-0.4, -0.2) is 50.3 Å². The van der Waals surface area contributed by atoms with Gasteiger partial charge in [-0.25, -0.2) is 0 Å². The van der Waals surface area contributed by atoms with Gasteiger partial charge in [-0.05, 0) is 43.3 Å². The topological polar surface area (TPSA) is 89.1 Å². The Labute approximate surface area is 176 Å². The number of para-hydroxylation sites is 2. The first-order chi connectivity index (χ1) is 14.5. The average molecular weight is 413 g/mol. The molecule has 3 rings (SSSR count). The highest BCUT2D eigenvalue weighted by molar-refractivity contribution is 5.94. The number of likely N-dealkylation sites (N-methyl/N-ethyl adjacent to an activating group) is 1. The summed E-state index contributed by atoms with van der Waals surface area (Å²) >= 11 is 0. The van der Waals surface area contributed by atoms with Crippen molar-refractivity contribution in [2.24, 2.45) is 0 Å². The van der Waals surface area contributed by atoms with Crippen LogP contribution in [0.3, 0.4) is 0 Å². The summed E-state index contributed by atoms with van der Waals surface area (Å²) in [5.41, 5.74) is 1.52. The number of carbonyl (C=O) groups excluding carboxylic acids is 2. The Kier molecular flexibility index (Phi) is 7.13. The Hall–Kier alpha value is -3.26. The number of methoxy groups -OCH3 is 1. The summed E-state index contributed by atoms with van der Waals surface area (Å²) in [5.74, 6) is 1.60. The average Bonchev–Trinajstić information content (AvgIpc) is 3.21. The molecule has 1 heterocycles. The number of amides is 2. The highest BCUT2D eigenvalue weighted by atomic mass is 16.7. The number of ether oxygens (including phenoxy) is 3. The molecule has 30 heavy (non-hydrogen) atoms. The Morgan fingerprint density at radius 1 is 1.10 bits per heavy atom. The summed E-state index contributed by atoms with van der Waals surface area (Å²) in [6, 6.07) is 12.6. The Morgan fingerprint density at radius 2 is 1.83 bits per heavy atom. The largest absolute Gasteiger partial charge is 0.495 e. The monoisotopic (exact) mass is 413 g/mol. The molecule has 2 aromatic rings. The van der Waals surface area contributed by atoms with Gasteiger partial charge in [-0.15, -0.1) is 0 Å². The van der Waals surface area contributed by atoms with Crippen LogP contribution in [0.25, 0.3) is 0 Å². The third kappa shape index (κ3) is 5.42. The maximum absolute atomic E-state index is 12.5. The second kappa shape index (κ2) is 9.98. The standard InChI is InChI=1S/C22H27N3O5/c1-4-25(13-22(27)24-17-7-5-6-8-18(17)28-3)12-21(26)23-15(2)16-9-10-19-20(11-16)30-14-29-19/h5-11,15H,4,12-14H2,1-3H3,(H,23,26)(H,24,27)/t15-/m1/s1. The van der Waals surface area contributed by atoms with Gasteiger partial charge in [-0.2, -0.15) is 0 Å². The Bertz CT molecular complexity index is 902. The van der Waals surface area contributed by atoms with Crippen molar-refractivity contribution in [3.63, 3.8) is 0 Å². The van der Waals surface area contributed by atoms with Crippen LogP contribution in [0, 0.1) is 0 Å². The fourth-order valence-corrected chi connectivity index (χ4v) is 3.18. The molecule has 0 spiro atoms. The van der Waals surface area contributed by atoms with Gasteiger partial charge < -0.3 is 24.8 Å². The summed E-state index contributed by atoms with van der Waals surface area (Å²) in [6.45, 7) is 4.79. The minimum Gasteiger partial charge on any atom is -0.495 e. The molecule has 2 N–H and O–H groups in total. The number of anilines is 1. The van der Waals surface area contributed by atoms with E-state index in [0.717, 1.165) is 5.56 Å². The molecule has 0 fully saturated rings. The molecule has 0 aromatic heterocycles. The lowest BCUT2D eigenvalue weighted by atomic mass is 10.1. The van der Waals surface area contributed by atoms with E-state index in [1.807, 2.05) is 44.2 Å². The molecular weight excluding hydrogens is 386 g/mol. The number of hydrogen-bond acceptors (Lipinski definition) is 6. The zero-order valence-electron chi connectivity index (χ0n) is 17.4. The fourth-order valence-electron chi connectivity index (χ4n) is 3.18. The van der Waals surface area contributed by atoms with E-state index >= 15 is 0 Å². The minimum absolute atomic E-state index is 0.0976. The van der Waals surface area contributed by atoms with E-state index in [4.69, 9.17) is 14.2 Å². The van der Waals surface area contributed by atoms with Gasteiger partial charge >= 0.3 is 0 Å². The Morgan fingerprint density at radius 3 is 2.60 bits per heavy atom. The maximum Gasteiger partial charge on any atom is 0.238 e. The van der Waals surface area contributed by atoms with Gasteiger partial charge in [-0.3, -0.25) is 14.5 Å². The van der Waals surface area contributed by atoms with Crippen LogP contribution < -0.4 is 24.8 Å². The third-order valence-electron chi connectivity index (χ3n) is 4.84. The van der Waals surface area contributed by atoms with Crippen LogP contribution in [0.4, 0.5) is 5.69 Å². The number of rotatable bonds is 9. The van der Waals surface area contributed by atoms with Crippen molar-refractivity contribution in [3.05, 3.63) is 48.0 Å². The van der Waals surface area contributed by atoms with E-state index in [2.05, 4.69) is 10.6 Å². The molecule has 2 aromatic carbocycles.